The maximum atomic E-state index is 13.1. The lowest BCUT2D eigenvalue weighted by Crippen LogP contribution is -2.33. The van der Waals surface area contributed by atoms with E-state index in [9.17, 15) is 4.79 Å². The Bertz CT molecular complexity index is 1320. The van der Waals surface area contributed by atoms with Gasteiger partial charge in [0, 0.05) is 29.9 Å². The minimum absolute atomic E-state index is 0.253. The molecule has 1 amide bonds. The molecule has 180 valence electrons. The molecule has 3 heterocycles. The van der Waals surface area contributed by atoms with Crippen LogP contribution in [0.5, 0.6) is 5.88 Å². The Morgan fingerprint density at radius 2 is 1.86 bits per heavy atom. The molecule has 4 aromatic rings. The van der Waals surface area contributed by atoms with E-state index >= 15 is 0 Å². The molecular formula is C24H27N9O2. The molecule has 0 unspecified atom stereocenters. The molecular weight excluding hydrogens is 446 g/mol. The topological polar surface area (TPSA) is 144 Å². The van der Waals surface area contributed by atoms with Crippen molar-refractivity contribution in [3.63, 3.8) is 0 Å². The molecule has 1 aromatic carbocycles. The molecule has 1 fully saturated rings. The van der Waals surface area contributed by atoms with Gasteiger partial charge in [-0.15, -0.1) is 5.10 Å². The molecule has 3 aromatic heterocycles. The number of hydrogen-bond acceptors (Lipinski definition) is 9. The summed E-state index contributed by atoms with van der Waals surface area (Å²) < 4.78 is 6.65. The van der Waals surface area contributed by atoms with E-state index in [1.807, 2.05) is 36.4 Å². The lowest BCUT2D eigenvalue weighted by atomic mass is 9.92. The first-order chi connectivity index (χ1) is 17.1. The molecule has 0 aliphatic heterocycles. The molecule has 11 nitrogen and oxygen atoms in total. The molecule has 0 atom stereocenters. The van der Waals surface area contributed by atoms with Crippen molar-refractivity contribution < 1.29 is 9.53 Å². The van der Waals surface area contributed by atoms with E-state index in [1.54, 1.807) is 0 Å². The van der Waals surface area contributed by atoms with Gasteiger partial charge in [0.25, 0.3) is 5.91 Å². The molecule has 11 heteroatoms. The van der Waals surface area contributed by atoms with Gasteiger partial charge in [0.1, 0.15) is 18.0 Å². The number of carbonyl (C=O) groups is 1. The summed E-state index contributed by atoms with van der Waals surface area (Å²) in [4.78, 5) is 25.7. The number of amides is 1. The molecule has 1 saturated carbocycles. The van der Waals surface area contributed by atoms with Crippen LogP contribution < -0.4 is 26.4 Å². The number of rotatable bonds is 7. The lowest BCUT2D eigenvalue weighted by molar-refractivity contribution is 0.102. The van der Waals surface area contributed by atoms with Crippen LogP contribution in [0.3, 0.4) is 0 Å². The van der Waals surface area contributed by atoms with Gasteiger partial charge in [-0.2, -0.15) is 0 Å². The molecule has 0 spiro atoms. The van der Waals surface area contributed by atoms with Gasteiger partial charge in [-0.1, -0.05) is 18.2 Å². The molecule has 5 rings (SSSR count). The van der Waals surface area contributed by atoms with E-state index in [1.165, 1.54) is 30.2 Å². The first-order valence-corrected chi connectivity index (χ1v) is 11.5. The van der Waals surface area contributed by atoms with Crippen LogP contribution in [-0.4, -0.2) is 49.7 Å². The molecule has 0 radical (unpaired) electrons. The molecule has 0 saturated heterocycles. The van der Waals surface area contributed by atoms with Crippen molar-refractivity contribution in [2.24, 2.45) is 5.73 Å². The van der Waals surface area contributed by atoms with Crippen LogP contribution in [0.1, 0.15) is 36.2 Å². The largest absolute Gasteiger partial charge is 0.481 e. The average Bonchev–Trinajstić information content (AvgIpc) is 3.31. The smallest absolute Gasteiger partial charge is 0.277 e. The van der Waals surface area contributed by atoms with Crippen molar-refractivity contribution >= 4 is 34.6 Å². The number of benzene rings is 1. The van der Waals surface area contributed by atoms with Gasteiger partial charge in [0.2, 0.25) is 5.88 Å². The number of nitrogens with one attached hydrogen (secondary N) is 3. The average molecular weight is 474 g/mol. The normalized spacial score (nSPS) is 17.7. The number of aromatic nitrogens is 5. The van der Waals surface area contributed by atoms with Crippen molar-refractivity contribution in [3.05, 3.63) is 60.7 Å². The maximum Gasteiger partial charge on any atom is 0.277 e. The van der Waals surface area contributed by atoms with Gasteiger partial charge < -0.3 is 26.4 Å². The van der Waals surface area contributed by atoms with Gasteiger partial charge in [-0.25, -0.2) is 19.5 Å². The first kappa shape index (κ1) is 22.5. The van der Waals surface area contributed by atoms with E-state index in [0.717, 1.165) is 37.1 Å². The third-order valence-corrected chi connectivity index (χ3v) is 5.97. The van der Waals surface area contributed by atoms with Crippen LogP contribution in [0.25, 0.3) is 5.65 Å². The standard InChI is InChI=1S/C24H27N9O2/c1-35-22-12-20(27-14-28-22)31-24(34)19-13-26-23-18(29-16-5-3-2-4-6-16)11-21(32-33(19)23)30-17-9-7-15(25)8-10-17/h2-6,11-15,17,29H,7-10,25H2,1H3,(H,30,32)(H,27,28,31,34)/t15-,17-. The van der Waals surface area contributed by atoms with E-state index in [-0.39, 0.29) is 17.8 Å². The zero-order chi connectivity index (χ0) is 24.2. The molecule has 1 aliphatic carbocycles. The number of ether oxygens (including phenoxy) is 1. The SMILES string of the molecule is COc1cc(NC(=O)c2cnc3c(Nc4ccccc4)cc(N[C@H]4CC[C@H](N)CC4)nn23)ncn1. The Labute approximate surface area is 202 Å². The summed E-state index contributed by atoms with van der Waals surface area (Å²) in [5.41, 5.74) is 8.48. The predicted molar refractivity (Wildman–Crippen MR) is 133 cm³/mol. The number of imidazole rings is 1. The number of anilines is 4. The van der Waals surface area contributed by atoms with Crippen LogP contribution in [0.4, 0.5) is 23.0 Å². The third kappa shape index (κ3) is 5.14. The molecule has 5 N–H and O–H groups in total. The summed E-state index contributed by atoms with van der Waals surface area (Å²) in [7, 11) is 1.50. The van der Waals surface area contributed by atoms with Gasteiger partial charge in [-0.05, 0) is 37.8 Å². The van der Waals surface area contributed by atoms with E-state index in [0.29, 0.717) is 23.2 Å². The highest BCUT2D eigenvalue weighted by Crippen LogP contribution is 2.27. The Hall–Kier alpha value is -4.25. The number of nitrogens with zero attached hydrogens (tertiary/aromatic N) is 5. The second-order valence-electron chi connectivity index (χ2n) is 8.47. The fourth-order valence-electron chi connectivity index (χ4n) is 4.14. The lowest BCUT2D eigenvalue weighted by Gasteiger charge is -2.27. The maximum absolute atomic E-state index is 13.1. The second kappa shape index (κ2) is 9.94. The zero-order valence-corrected chi connectivity index (χ0v) is 19.3. The Balaban J connectivity index is 1.48. The van der Waals surface area contributed by atoms with Crippen LogP contribution in [0, 0.1) is 0 Å². The predicted octanol–water partition coefficient (Wildman–Crippen LogP) is 3.21. The first-order valence-electron chi connectivity index (χ1n) is 11.5. The summed E-state index contributed by atoms with van der Waals surface area (Å²) >= 11 is 0. The summed E-state index contributed by atoms with van der Waals surface area (Å²) in [6, 6.07) is 13.8. The zero-order valence-electron chi connectivity index (χ0n) is 19.3. The summed E-state index contributed by atoms with van der Waals surface area (Å²) in [5.74, 6) is 0.899. The summed E-state index contributed by atoms with van der Waals surface area (Å²) in [6.07, 6.45) is 6.69. The summed E-state index contributed by atoms with van der Waals surface area (Å²) in [6.45, 7) is 0. The van der Waals surface area contributed by atoms with Crippen LogP contribution in [0.2, 0.25) is 0 Å². The quantitative estimate of drug-likeness (QED) is 0.318. The Morgan fingerprint density at radius 1 is 1.06 bits per heavy atom. The minimum Gasteiger partial charge on any atom is -0.481 e. The van der Waals surface area contributed by atoms with Crippen molar-refractivity contribution in [2.45, 2.75) is 37.8 Å². The van der Waals surface area contributed by atoms with Gasteiger partial charge >= 0.3 is 0 Å². The van der Waals surface area contributed by atoms with Crippen molar-refractivity contribution in [3.8, 4) is 5.88 Å². The number of para-hydroxylation sites is 1. The highest BCUT2D eigenvalue weighted by Gasteiger charge is 2.21. The number of hydrogen-bond donors (Lipinski definition) is 4. The number of methoxy groups -OCH3 is 1. The van der Waals surface area contributed by atoms with Crippen LogP contribution in [-0.2, 0) is 0 Å². The molecule has 1 aliphatic rings. The third-order valence-electron chi connectivity index (χ3n) is 5.97. The van der Waals surface area contributed by atoms with Gasteiger partial charge in [-0.3, -0.25) is 4.79 Å². The number of carbonyl (C=O) groups excluding carboxylic acids is 1. The monoisotopic (exact) mass is 473 g/mol. The fraction of sp³-hybridized carbons (Fsp3) is 0.292. The summed E-state index contributed by atoms with van der Waals surface area (Å²) in [5, 5.41) is 14.4. The van der Waals surface area contributed by atoms with Gasteiger partial charge in [0.15, 0.2) is 11.3 Å². The Morgan fingerprint density at radius 3 is 2.63 bits per heavy atom. The molecule has 0 bridgehead atoms. The second-order valence-corrected chi connectivity index (χ2v) is 8.47. The van der Waals surface area contributed by atoms with E-state index in [2.05, 4.69) is 30.9 Å². The van der Waals surface area contributed by atoms with Crippen LogP contribution in [0.15, 0.2) is 55.0 Å². The number of nitrogens with two attached hydrogens (primary N) is 1. The van der Waals surface area contributed by atoms with Crippen molar-refractivity contribution in [1.82, 2.24) is 24.6 Å². The Kier molecular flexibility index (Phi) is 6.40. The van der Waals surface area contributed by atoms with E-state index in [4.69, 9.17) is 15.6 Å². The van der Waals surface area contributed by atoms with Crippen LogP contribution >= 0.6 is 0 Å². The highest BCUT2D eigenvalue weighted by molar-refractivity contribution is 6.03. The highest BCUT2D eigenvalue weighted by atomic mass is 16.5. The van der Waals surface area contributed by atoms with Crippen molar-refractivity contribution in [2.75, 3.05) is 23.1 Å². The number of fused-ring (bicyclic) bond motifs is 1. The van der Waals surface area contributed by atoms with Gasteiger partial charge in [0.05, 0.1) is 19.0 Å². The molecule has 35 heavy (non-hydrogen) atoms. The minimum atomic E-state index is -0.405. The fourth-order valence-corrected chi connectivity index (χ4v) is 4.14. The van der Waals surface area contributed by atoms with E-state index < -0.39 is 5.91 Å². The van der Waals surface area contributed by atoms with Crippen molar-refractivity contribution in [1.29, 1.82) is 0 Å².